The van der Waals surface area contributed by atoms with E-state index in [1.807, 2.05) is 60.8 Å². The van der Waals surface area contributed by atoms with Crippen LogP contribution in [0.2, 0.25) is 0 Å². The number of fused-ring (bicyclic) bond motifs is 1. The van der Waals surface area contributed by atoms with Crippen molar-refractivity contribution in [3.8, 4) is 11.5 Å². The average Bonchev–Trinajstić information content (AvgIpc) is 3.26. The summed E-state index contributed by atoms with van der Waals surface area (Å²) in [4.78, 5) is 13.4. The van der Waals surface area contributed by atoms with Gasteiger partial charge in [0.05, 0.1) is 23.8 Å². The van der Waals surface area contributed by atoms with Gasteiger partial charge in [-0.1, -0.05) is 42.5 Å². The normalized spacial score (nSPS) is 19.5. The fourth-order valence-electron chi connectivity index (χ4n) is 4.26. The van der Waals surface area contributed by atoms with Crippen LogP contribution in [0.4, 0.5) is 5.69 Å². The third-order valence-corrected chi connectivity index (χ3v) is 5.96. The van der Waals surface area contributed by atoms with Gasteiger partial charge in [0, 0.05) is 19.4 Å². The van der Waals surface area contributed by atoms with E-state index in [2.05, 4.69) is 10.4 Å². The van der Waals surface area contributed by atoms with Crippen LogP contribution >= 0.6 is 0 Å². The number of anilines is 1. The van der Waals surface area contributed by atoms with Gasteiger partial charge in [0.2, 0.25) is 5.91 Å². The lowest BCUT2D eigenvalue weighted by molar-refractivity contribution is -0.125. The van der Waals surface area contributed by atoms with Gasteiger partial charge in [-0.3, -0.25) is 9.48 Å². The lowest BCUT2D eigenvalue weighted by Gasteiger charge is -2.36. The van der Waals surface area contributed by atoms with E-state index < -0.39 is 5.41 Å². The number of nitrogens with one attached hydrogen (secondary N) is 1. The molecule has 1 aromatic heterocycles. The van der Waals surface area contributed by atoms with Gasteiger partial charge in [0.25, 0.3) is 0 Å². The number of aromatic nitrogens is 2. The van der Waals surface area contributed by atoms with Gasteiger partial charge in [-0.2, -0.15) is 5.10 Å². The highest BCUT2D eigenvalue weighted by atomic mass is 16.6. The third-order valence-electron chi connectivity index (χ3n) is 5.96. The Kier molecular flexibility index (Phi) is 5.34. The van der Waals surface area contributed by atoms with Crippen LogP contribution in [0.5, 0.6) is 11.5 Å². The molecule has 2 aliphatic rings. The lowest BCUT2D eigenvalue weighted by Crippen LogP contribution is -2.44. The Morgan fingerprint density at radius 2 is 1.81 bits per heavy atom. The van der Waals surface area contributed by atoms with Gasteiger partial charge in [-0.25, -0.2) is 0 Å². The van der Waals surface area contributed by atoms with Crippen LogP contribution < -0.4 is 14.8 Å². The Hall–Kier alpha value is -3.32. The first-order valence-electron chi connectivity index (χ1n) is 10.6. The molecule has 31 heavy (non-hydrogen) atoms. The minimum atomic E-state index is -0.592. The van der Waals surface area contributed by atoms with E-state index in [1.54, 1.807) is 10.9 Å². The molecule has 0 aliphatic carbocycles. The smallest absolute Gasteiger partial charge is 0.235 e. The molecule has 2 aromatic carbocycles. The summed E-state index contributed by atoms with van der Waals surface area (Å²) in [6.45, 7) is 2.13. The predicted octanol–water partition coefficient (Wildman–Crippen LogP) is 3.41. The molecule has 1 N–H and O–H groups in total. The van der Waals surface area contributed by atoms with Crippen molar-refractivity contribution in [2.45, 2.75) is 30.9 Å². The molecular formula is C24H25N3O4. The van der Waals surface area contributed by atoms with E-state index in [0.29, 0.717) is 44.9 Å². The van der Waals surface area contributed by atoms with E-state index >= 15 is 0 Å². The van der Waals surface area contributed by atoms with Crippen molar-refractivity contribution < 1.29 is 19.0 Å². The molecule has 0 unspecified atom stereocenters. The van der Waals surface area contributed by atoms with Crippen LogP contribution in [0, 0.1) is 0 Å². The number of hydrogen-bond donors (Lipinski definition) is 1. The Morgan fingerprint density at radius 3 is 2.61 bits per heavy atom. The quantitative estimate of drug-likeness (QED) is 0.686. The maximum atomic E-state index is 13.4. The number of rotatable bonds is 5. The summed E-state index contributed by atoms with van der Waals surface area (Å²) < 4.78 is 19.1. The van der Waals surface area contributed by atoms with Crippen molar-refractivity contribution in [3.05, 3.63) is 72.6 Å². The Labute approximate surface area is 180 Å². The van der Waals surface area contributed by atoms with Crippen molar-refractivity contribution >= 4 is 11.6 Å². The summed E-state index contributed by atoms with van der Waals surface area (Å²) in [5.41, 5.74) is 1.10. The van der Waals surface area contributed by atoms with E-state index in [1.165, 1.54) is 0 Å². The van der Waals surface area contributed by atoms with Crippen LogP contribution in [-0.4, -0.2) is 41.6 Å². The highest BCUT2D eigenvalue weighted by molar-refractivity contribution is 5.99. The molecule has 0 radical (unpaired) electrons. The summed E-state index contributed by atoms with van der Waals surface area (Å²) in [6, 6.07) is 17.6. The van der Waals surface area contributed by atoms with Gasteiger partial charge in [0.1, 0.15) is 6.61 Å². The fourth-order valence-corrected chi connectivity index (χ4v) is 4.26. The number of carbonyl (C=O) groups excluding carboxylic acids is 1. The lowest BCUT2D eigenvalue weighted by atomic mass is 9.73. The number of hydrogen-bond acceptors (Lipinski definition) is 5. The molecule has 1 amide bonds. The van der Waals surface area contributed by atoms with E-state index in [9.17, 15) is 4.79 Å². The van der Waals surface area contributed by atoms with Gasteiger partial charge < -0.3 is 19.5 Å². The number of nitrogens with zero attached hydrogens (tertiary/aromatic N) is 2. The maximum absolute atomic E-state index is 13.4. The van der Waals surface area contributed by atoms with Gasteiger partial charge >= 0.3 is 0 Å². The summed E-state index contributed by atoms with van der Waals surface area (Å²) in [5.74, 6) is 1.48. The molecule has 0 bridgehead atoms. The average molecular weight is 419 g/mol. The number of ether oxygens (including phenoxy) is 3. The highest BCUT2D eigenvalue weighted by Gasteiger charge is 2.41. The second-order valence-electron chi connectivity index (χ2n) is 7.96. The standard InChI is InChI=1S/C24H25N3O4/c28-23(24(10-12-29-13-11-24)18-6-2-1-3-7-18)26-19-14-25-27(15-19)16-20-17-30-21-8-4-5-9-22(21)31-20/h1-9,14-15,20H,10-13,16-17H2,(H,26,28)/t20-/m1/s1. The van der Waals surface area contributed by atoms with Crippen molar-refractivity contribution in [2.24, 2.45) is 0 Å². The molecule has 160 valence electrons. The summed E-state index contributed by atoms with van der Waals surface area (Å²) in [7, 11) is 0. The third kappa shape index (κ3) is 4.01. The van der Waals surface area contributed by atoms with Crippen LogP contribution in [-0.2, 0) is 21.5 Å². The first-order chi connectivity index (χ1) is 15.2. The maximum Gasteiger partial charge on any atom is 0.235 e. The van der Waals surface area contributed by atoms with Crippen LogP contribution in [0.25, 0.3) is 0 Å². The van der Waals surface area contributed by atoms with E-state index in [0.717, 1.165) is 17.1 Å². The van der Waals surface area contributed by atoms with E-state index in [-0.39, 0.29) is 12.0 Å². The predicted molar refractivity (Wildman–Crippen MR) is 115 cm³/mol. The van der Waals surface area contributed by atoms with Crippen LogP contribution in [0.3, 0.4) is 0 Å². The van der Waals surface area contributed by atoms with Crippen LogP contribution in [0.15, 0.2) is 67.0 Å². The zero-order valence-corrected chi connectivity index (χ0v) is 17.2. The highest BCUT2D eigenvalue weighted by Crippen LogP contribution is 2.36. The zero-order valence-electron chi connectivity index (χ0n) is 17.2. The second-order valence-corrected chi connectivity index (χ2v) is 7.96. The number of benzene rings is 2. The molecule has 1 saturated heterocycles. The number of carbonyl (C=O) groups is 1. The summed E-state index contributed by atoms with van der Waals surface area (Å²) in [6.07, 6.45) is 4.67. The van der Waals surface area contributed by atoms with Gasteiger partial charge in [-0.05, 0) is 30.5 Å². The Bertz CT molecular complexity index is 1040. The van der Waals surface area contributed by atoms with Crippen LogP contribution in [0.1, 0.15) is 18.4 Å². The topological polar surface area (TPSA) is 74.6 Å². The first-order valence-corrected chi connectivity index (χ1v) is 10.6. The first kappa shape index (κ1) is 19.6. The van der Waals surface area contributed by atoms with Gasteiger partial charge in [-0.15, -0.1) is 0 Å². The fraction of sp³-hybridized carbons (Fsp3) is 0.333. The Balaban J connectivity index is 1.27. The molecule has 2 aliphatic heterocycles. The zero-order chi connectivity index (χ0) is 21.1. The van der Waals surface area contributed by atoms with Crippen molar-refractivity contribution in [3.63, 3.8) is 0 Å². The monoisotopic (exact) mass is 419 g/mol. The minimum Gasteiger partial charge on any atom is -0.486 e. The largest absolute Gasteiger partial charge is 0.486 e. The van der Waals surface area contributed by atoms with Crippen molar-refractivity contribution in [2.75, 3.05) is 25.1 Å². The molecule has 0 saturated carbocycles. The van der Waals surface area contributed by atoms with Crippen molar-refractivity contribution in [1.29, 1.82) is 0 Å². The summed E-state index contributed by atoms with van der Waals surface area (Å²) >= 11 is 0. The number of para-hydroxylation sites is 2. The molecule has 1 atom stereocenters. The van der Waals surface area contributed by atoms with Gasteiger partial charge in [0.15, 0.2) is 17.6 Å². The molecule has 0 spiro atoms. The molecule has 7 nitrogen and oxygen atoms in total. The Morgan fingerprint density at radius 1 is 1.06 bits per heavy atom. The molecule has 7 heteroatoms. The molecule has 5 rings (SSSR count). The molecule has 1 fully saturated rings. The molecule has 3 aromatic rings. The summed E-state index contributed by atoms with van der Waals surface area (Å²) in [5, 5.41) is 7.48. The number of amides is 1. The second kappa shape index (κ2) is 8.43. The molecule has 3 heterocycles. The van der Waals surface area contributed by atoms with E-state index in [4.69, 9.17) is 14.2 Å². The molecular weight excluding hydrogens is 394 g/mol. The minimum absolute atomic E-state index is 0.0206. The van der Waals surface area contributed by atoms with Crippen molar-refractivity contribution in [1.82, 2.24) is 9.78 Å². The SMILES string of the molecule is O=C(Nc1cnn(C[C@@H]2COc3ccccc3O2)c1)C1(c2ccccc2)CCOCC1.